The lowest BCUT2D eigenvalue weighted by Crippen LogP contribution is -2.37. The maximum absolute atomic E-state index is 12.2. The largest absolute Gasteiger partial charge is 0.477 e. The maximum Gasteiger partial charge on any atom is 0.347 e. The van der Waals surface area contributed by atoms with Crippen LogP contribution in [0.25, 0.3) is 0 Å². The van der Waals surface area contributed by atoms with Crippen molar-refractivity contribution in [1.29, 1.82) is 0 Å². The fraction of sp³-hybridized carbons (Fsp3) is 0.583. The fourth-order valence-corrected chi connectivity index (χ4v) is 5.10. The summed E-state index contributed by atoms with van der Waals surface area (Å²) in [5.41, 5.74) is 0. The van der Waals surface area contributed by atoms with Gasteiger partial charge in [0, 0.05) is 6.04 Å². The van der Waals surface area contributed by atoms with Crippen molar-refractivity contribution < 1.29 is 18.3 Å². The van der Waals surface area contributed by atoms with E-state index in [2.05, 4.69) is 4.72 Å². The molecule has 1 fully saturated rings. The van der Waals surface area contributed by atoms with Crippen LogP contribution in [0.4, 0.5) is 0 Å². The highest BCUT2D eigenvalue weighted by Crippen LogP contribution is 2.29. The quantitative estimate of drug-likeness (QED) is 0.874. The summed E-state index contributed by atoms with van der Waals surface area (Å²) < 4.78 is 27.0. The summed E-state index contributed by atoms with van der Waals surface area (Å²) in [5, 5.41) is 10.5. The van der Waals surface area contributed by atoms with Crippen molar-refractivity contribution in [2.45, 2.75) is 43.5 Å². The van der Waals surface area contributed by atoms with Gasteiger partial charge in [0.1, 0.15) is 9.77 Å². The Balaban J connectivity index is 2.17. The first kappa shape index (κ1) is 14.5. The molecule has 1 saturated carbocycles. The molecule has 1 unspecified atom stereocenters. The Morgan fingerprint density at radius 2 is 2.11 bits per heavy atom. The molecule has 5 nitrogen and oxygen atoms in total. The van der Waals surface area contributed by atoms with Gasteiger partial charge in [0.15, 0.2) is 0 Å². The van der Waals surface area contributed by atoms with Crippen LogP contribution in [0, 0.1) is 5.92 Å². The molecule has 0 spiro atoms. The lowest BCUT2D eigenvalue weighted by atomic mass is 10.0. The van der Waals surface area contributed by atoms with Crippen molar-refractivity contribution in [2.24, 2.45) is 5.92 Å². The van der Waals surface area contributed by atoms with Gasteiger partial charge in [-0.05, 0) is 37.1 Å². The van der Waals surface area contributed by atoms with E-state index in [1.165, 1.54) is 11.4 Å². The Hall–Kier alpha value is -0.920. The van der Waals surface area contributed by atoms with Gasteiger partial charge >= 0.3 is 5.97 Å². The second-order valence-corrected chi connectivity index (χ2v) is 7.47. The highest BCUT2D eigenvalue weighted by atomic mass is 32.2. The highest BCUT2D eigenvalue weighted by Gasteiger charge is 2.29. The first-order valence-electron chi connectivity index (χ1n) is 6.25. The standard InChI is InChI=1S/C12H17NO4S2/c1-8(9-4-2-3-5-9)13-19(16,17)10-6-7-18-11(10)12(14)15/h6-9,13H,2-5H2,1H3,(H,14,15). The molecule has 1 aliphatic rings. The number of aromatic carboxylic acids is 1. The van der Waals surface area contributed by atoms with Crippen LogP contribution in [-0.4, -0.2) is 25.5 Å². The summed E-state index contributed by atoms with van der Waals surface area (Å²) in [6, 6.07) is 1.19. The zero-order chi connectivity index (χ0) is 14.0. The van der Waals surface area contributed by atoms with Gasteiger partial charge in [-0.3, -0.25) is 0 Å². The van der Waals surface area contributed by atoms with Crippen molar-refractivity contribution in [3.05, 3.63) is 16.3 Å². The molecule has 2 rings (SSSR count). The average Bonchev–Trinajstić information content (AvgIpc) is 3.00. The van der Waals surface area contributed by atoms with Crippen LogP contribution in [0.3, 0.4) is 0 Å². The number of hydrogen-bond acceptors (Lipinski definition) is 4. The van der Waals surface area contributed by atoms with E-state index in [0.29, 0.717) is 5.92 Å². The van der Waals surface area contributed by atoms with Crippen molar-refractivity contribution in [3.8, 4) is 0 Å². The number of thiophene rings is 1. The number of carboxylic acids is 1. The molecule has 0 saturated heterocycles. The van der Waals surface area contributed by atoms with E-state index in [0.717, 1.165) is 37.0 Å². The van der Waals surface area contributed by atoms with Gasteiger partial charge in [-0.15, -0.1) is 11.3 Å². The van der Waals surface area contributed by atoms with E-state index in [1.807, 2.05) is 6.92 Å². The summed E-state index contributed by atoms with van der Waals surface area (Å²) in [7, 11) is -3.75. The maximum atomic E-state index is 12.2. The van der Waals surface area contributed by atoms with Crippen molar-refractivity contribution >= 4 is 27.3 Å². The van der Waals surface area contributed by atoms with E-state index < -0.39 is 16.0 Å². The van der Waals surface area contributed by atoms with Crippen LogP contribution < -0.4 is 4.72 Å². The summed E-state index contributed by atoms with van der Waals surface area (Å²) in [6.07, 6.45) is 4.32. The second-order valence-electron chi connectivity index (χ2n) is 4.87. The minimum absolute atomic E-state index is 0.130. The average molecular weight is 303 g/mol. The monoisotopic (exact) mass is 303 g/mol. The third-order valence-electron chi connectivity index (χ3n) is 3.56. The highest BCUT2D eigenvalue weighted by molar-refractivity contribution is 7.89. The molecule has 0 radical (unpaired) electrons. The Bertz CT molecular complexity index is 558. The zero-order valence-electron chi connectivity index (χ0n) is 10.6. The van der Waals surface area contributed by atoms with Gasteiger partial charge in [-0.1, -0.05) is 12.8 Å². The van der Waals surface area contributed by atoms with Crippen molar-refractivity contribution in [3.63, 3.8) is 0 Å². The summed E-state index contributed by atoms with van der Waals surface area (Å²) >= 11 is 0.925. The van der Waals surface area contributed by atoms with E-state index in [9.17, 15) is 13.2 Å². The molecule has 0 bridgehead atoms. The lowest BCUT2D eigenvalue weighted by Gasteiger charge is -2.20. The minimum atomic E-state index is -3.75. The number of carboxylic acid groups (broad SMARTS) is 1. The van der Waals surface area contributed by atoms with Crippen LogP contribution in [0.15, 0.2) is 16.3 Å². The smallest absolute Gasteiger partial charge is 0.347 e. The second kappa shape index (κ2) is 5.60. The van der Waals surface area contributed by atoms with E-state index in [-0.39, 0.29) is 15.8 Å². The molecule has 1 heterocycles. The Labute approximate surface area is 116 Å². The van der Waals surface area contributed by atoms with Crippen LogP contribution in [-0.2, 0) is 10.0 Å². The molecule has 1 aromatic heterocycles. The third kappa shape index (κ3) is 3.16. The summed E-state index contributed by atoms with van der Waals surface area (Å²) in [6.45, 7) is 1.85. The molecule has 0 aliphatic heterocycles. The number of hydrogen-bond donors (Lipinski definition) is 2. The van der Waals surface area contributed by atoms with E-state index in [4.69, 9.17) is 5.11 Å². The van der Waals surface area contributed by atoms with Gasteiger partial charge < -0.3 is 5.11 Å². The SMILES string of the molecule is CC(NS(=O)(=O)c1ccsc1C(=O)O)C1CCCC1. The first-order valence-corrected chi connectivity index (χ1v) is 8.61. The normalized spacial score (nSPS) is 18.6. The van der Waals surface area contributed by atoms with Crippen molar-refractivity contribution in [2.75, 3.05) is 0 Å². The number of nitrogens with one attached hydrogen (secondary N) is 1. The molecule has 7 heteroatoms. The molecular weight excluding hydrogens is 286 g/mol. The van der Waals surface area contributed by atoms with Gasteiger partial charge in [0.25, 0.3) is 0 Å². The Morgan fingerprint density at radius 1 is 1.47 bits per heavy atom. The van der Waals surface area contributed by atoms with Gasteiger partial charge in [0.2, 0.25) is 10.0 Å². The van der Waals surface area contributed by atoms with Crippen LogP contribution in [0.1, 0.15) is 42.3 Å². The summed E-state index contributed by atoms with van der Waals surface area (Å²) in [4.78, 5) is 10.7. The Kier molecular flexibility index (Phi) is 4.27. The Morgan fingerprint density at radius 3 is 2.68 bits per heavy atom. The fourth-order valence-electron chi connectivity index (χ4n) is 2.53. The molecule has 2 N–H and O–H groups in total. The molecule has 1 atom stereocenters. The first-order chi connectivity index (χ1) is 8.92. The van der Waals surface area contributed by atoms with Crippen molar-refractivity contribution in [1.82, 2.24) is 4.72 Å². The molecule has 106 valence electrons. The molecule has 1 aromatic rings. The van der Waals surface area contributed by atoms with E-state index >= 15 is 0 Å². The minimum Gasteiger partial charge on any atom is -0.477 e. The van der Waals surface area contributed by atoms with Crippen LogP contribution in [0.5, 0.6) is 0 Å². The lowest BCUT2D eigenvalue weighted by molar-refractivity contribution is 0.0698. The number of carbonyl (C=O) groups is 1. The molecule has 1 aliphatic carbocycles. The van der Waals surface area contributed by atoms with Crippen LogP contribution >= 0.6 is 11.3 Å². The summed E-state index contributed by atoms with van der Waals surface area (Å²) in [5.74, 6) is -0.856. The predicted molar refractivity (Wildman–Crippen MR) is 73.0 cm³/mol. The molecule has 0 amide bonds. The van der Waals surface area contributed by atoms with Gasteiger partial charge in [-0.25, -0.2) is 17.9 Å². The topological polar surface area (TPSA) is 83.5 Å². The third-order valence-corrected chi connectivity index (χ3v) is 6.19. The van der Waals surface area contributed by atoms with Gasteiger partial charge in [0.05, 0.1) is 0 Å². The number of sulfonamides is 1. The molecular formula is C12H17NO4S2. The predicted octanol–water partition coefficient (Wildman–Crippen LogP) is 2.30. The zero-order valence-corrected chi connectivity index (χ0v) is 12.3. The molecule has 0 aromatic carbocycles. The van der Waals surface area contributed by atoms with Crippen LogP contribution in [0.2, 0.25) is 0 Å². The van der Waals surface area contributed by atoms with E-state index in [1.54, 1.807) is 0 Å². The number of rotatable bonds is 5. The van der Waals surface area contributed by atoms with Gasteiger partial charge in [-0.2, -0.15) is 0 Å². The molecule has 19 heavy (non-hydrogen) atoms.